The molecule has 2 amide bonds. The van der Waals surface area contributed by atoms with E-state index in [-0.39, 0.29) is 17.7 Å². The van der Waals surface area contributed by atoms with Gasteiger partial charge in [0.25, 0.3) is 5.91 Å². The van der Waals surface area contributed by atoms with Crippen LogP contribution in [-0.2, 0) is 4.79 Å². The van der Waals surface area contributed by atoms with Gasteiger partial charge < -0.3 is 10.6 Å². The van der Waals surface area contributed by atoms with Gasteiger partial charge in [-0.1, -0.05) is 32.0 Å². The molecule has 1 atom stereocenters. The standard InChI is InChI=1S/C18H19IN2O2/c1-12(2)16(21-17(22)13-6-4-3-5-7-13)18(23)20-15-10-8-14(19)9-11-15/h3-12,16H,1-2H3,(H,20,23)(H,21,22). The van der Waals surface area contributed by atoms with E-state index in [0.29, 0.717) is 5.56 Å². The van der Waals surface area contributed by atoms with Crippen LogP contribution in [0.3, 0.4) is 0 Å². The number of halogens is 1. The lowest BCUT2D eigenvalue weighted by atomic mass is 10.0. The van der Waals surface area contributed by atoms with Gasteiger partial charge in [-0.15, -0.1) is 0 Å². The number of rotatable bonds is 5. The fourth-order valence-electron chi connectivity index (χ4n) is 2.10. The molecule has 2 rings (SSSR count). The topological polar surface area (TPSA) is 58.2 Å². The zero-order valence-corrected chi connectivity index (χ0v) is 15.2. The third-order valence-corrected chi connectivity index (χ3v) is 4.10. The number of nitrogens with one attached hydrogen (secondary N) is 2. The highest BCUT2D eigenvalue weighted by molar-refractivity contribution is 14.1. The van der Waals surface area contributed by atoms with Crippen LogP contribution in [0.4, 0.5) is 5.69 Å². The second-order valence-corrected chi connectivity index (χ2v) is 6.80. The summed E-state index contributed by atoms with van der Waals surface area (Å²) in [4.78, 5) is 24.7. The first kappa shape index (κ1) is 17.5. The SMILES string of the molecule is CC(C)C(NC(=O)c1ccccc1)C(=O)Nc1ccc(I)cc1. The monoisotopic (exact) mass is 422 g/mol. The molecule has 0 saturated heterocycles. The van der Waals surface area contributed by atoms with Gasteiger partial charge in [-0.25, -0.2) is 0 Å². The molecule has 0 heterocycles. The van der Waals surface area contributed by atoms with Crippen molar-refractivity contribution in [3.8, 4) is 0 Å². The molecule has 0 spiro atoms. The quantitative estimate of drug-likeness (QED) is 0.723. The molecule has 2 aromatic carbocycles. The minimum atomic E-state index is -0.595. The number of carbonyl (C=O) groups excluding carboxylic acids is 2. The zero-order chi connectivity index (χ0) is 16.8. The number of hydrogen-bond donors (Lipinski definition) is 2. The van der Waals surface area contributed by atoms with Gasteiger partial charge in [-0.05, 0) is 64.9 Å². The lowest BCUT2D eigenvalue weighted by Gasteiger charge is -2.21. The summed E-state index contributed by atoms with van der Waals surface area (Å²) in [7, 11) is 0. The summed E-state index contributed by atoms with van der Waals surface area (Å²) in [6.07, 6.45) is 0. The molecule has 2 aromatic rings. The van der Waals surface area contributed by atoms with Crippen LogP contribution >= 0.6 is 22.6 Å². The molecule has 4 nitrogen and oxygen atoms in total. The van der Waals surface area contributed by atoms with Crippen molar-refractivity contribution in [1.82, 2.24) is 5.32 Å². The molecule has 0 aliphatic heterocycles. The van der Waals surface area contributed by atoms with Crippen LogP contribution in [0.5, 0.6) is 0 Å². The van der Waals surface area contributed by atoms with E-state index >= 15 is 0 Å². The second-order valence-electron chi connectivity index (χ2n) is 5.56. The Hall–Kier alpha value is -1.89. The molecular weight excluding hydrogens is 403 g/mol. The first-order chi connectivity index (χ1) is 11.0. The van der Waals surface area contributed by atoms with Crippen LogP contribution in [0, 0.1) is 9.49 Å². The Balaban J connectivity index is 2.07. The maximum absolute atomic E-state index is 12.5. The smallest absolute Gasteiger partial charge is 0.251 e. The van der Waals surface area contributed by atoms with E-state index in [0.717, 1.165) is 9.26 Å². The third kappa shape index (κ3) is 5.06. The molecule has 0 radical (unpaired) electrons. The van der Waals surface area contributed by atoms with Gasteiger partial charge in [0, 0.05) is 14.8 Å². The number of hydrogen-bond acceptors (Lipinski definition) is 2. The third-order valence-electron chi connectivity index (χ3n) is 3.38. The highest BCUT2D eigenvalue weighted by atomic mass is 127. The van der Waals surface area contributed by atoms with Gasteiger partial charge in [0.15, 0.2) is 0 Å². The average molecular weight is 422 g/mol. The van der Waals surface area contributed by atoms with Crippen molar-refractivity contribution in [3.63, 3.8) is 0 Å². The van der Waals surface area contributed by atoms with Crippen molar-refractivity contribution in [1.29, 1.82) is 0 Å². The molecule has 120 valence electrons. The minimum Gasteiger partial charge on any atom is -0.340 e. The van der Waals surface area contributed by atoms with Gasteiger partial charge >= 0.3 is 0 Å². The second kappa shape index (κ2) is 8.10. The Kier molecular flexibility index (Phi) is 6.15. The van der Waals surface area contributed by atoms with E-state index in [1.165, 1.54) is 0 Å². The summed E-state index contributed by atoms with van der Waals surface area (Å²) < 4.78 is 1.10. The molecule has 0 bridgehead atoms. The number of anilines is 1. The molecular formula is C18H19IN2O2. The lowest BCUT2D eigenvalue weighted by Crippen LogP contribution is -2.47. The largest absolute Gasteiger partial charge is 0.340 e. The van der Waals surface area contributed by atoms with E-state index in [1.807, 2.05) is 44.2 Å². The van der Waals surface area contributed by atoms with E-state index in [4.69, 9.17) is 0 Å². The Bertz CT molecular complexity index is 669. The summed E-state index contributed by atoms with van der Waals surface area (Å²) in [5.74, 6) is -0.487. The Morgan fingerprint density at radius 1 is 0.957 bits per heavy atom. The minimum absolute atomic E-state index is 0.0217. The summed E-state index contributed by atoms with van der Waals surface area (Å²) in [5, 5.41) is 5.66. The lowest BCUT2D eigenvalue weighted by molar-refractivity contribution is -0.118. The molecule has 0 aliphatic carbocycles. The average Bonchev–Trinajstić information content (AvgIpc) is 2.55. The first-order valence-corrected chi connectivity index (χ1v) is 8.47. The molecule has 0 saturated carbocycles. The van der Waals surface area contributed by atoms with Crippen molar-refractivity contribution in [2.24, 2.45) is 5.92 Å². The highest BCUT2D eigenvalue weighted by Gasteiger charge is 2.24. The fourth-order valence-corrected chi connectivity index (χ4v) is 2.46. The van der Waals surface area contributed by atoms with E-state index in [1.54, 1.807) is 24.3 Å². The summed E-state index contributed by atoms with van der Waals surface area (Å²) in [6.45, 7) is 3.81. The van der Waals surface area contributed by atoms with Gasteiger partial charge in [-0.2, -0.15) is 0 Å². The molecule has 1 unspecified atom stereocenters. The van der Waals surface area contributed by atoms with Gasteiger partial charge in [0.05, 0.1) is 0 Å². The van der Waals surface area contributed by atoms with Crippen molar-refractivity contribution >= 4 is 40.1 Å². The Labute approximate surface area is 149 Å². The van der Waals surface area contributed by atoms with Gasteiger partial charge in [0.2, 0.25) is 5.91 Å². The first-order valence-electron chi connectivity index (χ1n) is 7.39. The van der Waals surface area contributed by atoms with E-state index in [2.05, 4.69) is 33.2 Å². The maximum Gasteiger partial charge on any atom is 0.251 e. The Morgan fingerprint density at radius 3 is 2.13 bits per heavy atom. The fraction of sp³-hybridized carbons (Fsp3) is 0.222. The van der Waals surface area contributed by atoms with Crippen LogP contribution in [0.15, 0.2) is 54.6 Å². The van der Waals surface area contributed by atoms with Crippen LogP contribution in [0.25, 0.3) is 0 Å². The van der Waals surface area contributed by atoms with Crippen LogP contribution in [-0.4, -0.2) is 17.9 Å². The molecule has 0 fully saturated rings. The predicted octanol–water partition coefficient (Wildman–Crippen LogP) is 3.68. The van der Waals surface area contributed by atoms with E-state index < -0.39 is 6.04 Å². The van der Waals surface area contributed by atoms with Crippen molar-refractivity contribution < 1.29 is 9.59 Å². The zero-order valence-electron chi connectivity index (χ0n) is 13.0. The molecule has 0 aliphatic rings. The van der Waals surface area contributed by atoms with Crippen molar-refractivity contribution in [2.75, 3.05) is 5.32 Å². The Morgan fingerprint density at radius 2 is 1.57 bits per heavy atom. The van der Waals surface area contributed by atoms with Crippen LogP contribution in [0.2, 0.25) is 0 Å². The summed E-state index contributed by atoms with van der Waals surface area (Å²) >= 11 is 2.21. The van der Waals surface area contributed by atoms with Crippen molar-refractivity contribution in [3.05, 3.63) is 63.7 Å². The summed E-state index contributed by atoms with van der Waals surface area (Å²) in [6, 6.07) is 15.8. The van der Waals surface area contributed by atoms with E-state index in [9.17, 15) is 9.59 Å². The van der Waals surface area contributed by atoms with Gasteiger partial charge in [-0.3, -0.25) is 9.59 Å². The maximum atomic E-state index is 12.5. The molecule has 23 heavy (non-hydrogen) atoms. The molecule has 5 heteroatoms. The van der Waals surface area contributed by atoms with Crippen LogP contribution < -0.4 is 10.6 Å². The molecule has 0 aromatic heterocycles. The highest BCUT2D eigenvalue weighted by Crippen LogP contribution is 2.13. The normalized spacial score (nSPS) is 11.8. The number of benzene rings is 2. The van der Waals surface area contributed by atoms with Crippen LogP contribution in [0.1, 0.15) is 24.2 Å². The predicted molar refractivity (Wildman–Crippen MR) is 100 cm³/mol. The van der Waals surface area contributed by atoms with Crippen molar-refractivity contribution in [2.45, 2.75) is 19.9 Å². The van der Waals surface area contributed by atoms with Gasteiger partial charge in [0.1, 0.15) is 6.04 Å². The number of carbonyl (C=O) groups is 2. The number of amides is 2. The summed E-state index contributed by atoms with van der Waals surface area (Å²) in [5.41, 5.74) is 1.26. The molecule has 2 N–H and O–H groups in total.